The molecule has 0 aliphatic heterocycles. The van der Waals surface area contributed by atoms with Crippen molar-refractivity contribution in [1.82, 2.24) is 0 Å². The van der Waals surface area contributed by atoms with Crippen LogP contribution >= 0.6 is 0 Å². The summed E-state index contributed by atoms with van der Waals surface area (Å²) in [6.45, 7) is 4.60. The first kappa shape index (κ1) is 10.0. The second kappa shape index (κ2) is 7.11. The zero-order chi connectivity index (χ0) is 7.11. The van der Waals surface area contributed by atoms with Gasteiger partial charge in [-0.15, -0.1) is 0 Å². The minimum atomic E-state index is 1.07. The number of rotatable bonds is 5. The second-order valence-corrected chi connectivity index (χ2v) is 3.64. The van der Waals surface area contributed by atoms with Crippen LogP contribution in [0.4, 0.5) is 0 Å². The summed E-state index contributed by atoms with van der Waals surface area (Å²) in [5.41, 5.74) is 0. The van der Waals surface area contributed by atoms with E-state index in [0.29, 0.717) is 0 Å². The number of hydrogen-bond acceptors (Lipinski definition) is 0. The van der Waals surface area contributed by atoms with Gasteiger partial charge >= 0.3 is 77.0 Å². The molecule has 0 saturated heterocycles. The van der Waals surface area contributed by atoms with Crippen molar-refractivity contribution in [2.75, 3.05) is 0 Å². The molecular formula is C8H17Na. The van der Waals surface area contributed by atoms with Gasteiger partial charge in [-0.05, 0) is 0 Å². The van der Waals surface area contributed by atoms with Crippen molar-refractivity contribution in [3.05, 3.63) is 0 Å². The Kier molecular flexibility index (Phi) is 7.90. The van der Waals surface area contributed by atoms with Crippen LogP contribution < -0.4 is 0 Å². The summed E-state index contributed by atoms with van der Waals surface area (Å²) in [7, 11) is 0. The first-order valence-electron chi connectivity index (χ1n) is 4.35. The van der Waals surface area contributed by atoms with Crippen molar-refractivity contribution in [2.45, 2.75) is 43.2 Å². The van der Waals surface area contributed by atoms with Gasteiger partial charge in [-0.3, -0.25) is 0 Å². The van der Waals surface area contributed by atoms with E-state index in [1.54, 1.807) is 0 Å². The average molecular weight is 136 g/mol. The normalized spacial score (nSPS) is 13.8. The Balaban J connectivity index is 3.09. The molecule has 0 rings (SSSR count). The second-order valence-electron chi connectivity index (χ2n) is 2.82. The van der Waals surface area contributed by atoms with Crippen LogP contribution in [0.5, 0.6) is 0 Å². The summed E-state index contributed by atoms with van der Waals surface area (Å²) in [6, 6.07) is 0. The Morgan fingerprint density at radius 1 is 1.33 bits per heavy atom. The van der Waals surface area contributed by atoms with Gasteiger partial charge in [0.2, 0.25) is 0 Å². The molecule has 0 N–H and O–H groups in total. The quantitative estimate of drug-likeness (QED) is 0.510. The zero-order valence-electron chi connectivity index (χ0n) is 7.11. The number of unbranched alkanes of at least 4 members (excludes halogenated alkanes) is 1. The van der Waals surface area contributed by atoms with E-state index in [2.05, 4.69) is 13.8 Å². The Bertz CT molecular complexity index is 48.5. The van der Waals surface area contributed by atoms with Crippen LogP contribution in [-0.4, -0.2) is 27.9 Å². The molecule has 1 unspecified atom stereocenters. The predicted molar refractivity (Wildman–Crippen MR) is 43.9 cm³/mol. The van der Waals surface area contributed by atoms with Gasteiger partial charge in [0, 0.05) is 0 Å². The van der Waals surface area contributed by atoms with E-state index in [1.165, 1.54) is 57.3 Å². The van der Waals surface area contributed by atoms with E-state index in [9.17, 15) is 0 Å². The average Bonchev–Trinajstić information content (AvgIpc) is 1.91. The van der Waals surface area contributed by atoms with E-state index >= 15 is 0 Å². The molecule has 50 valence electrons. The summed E-state index contributed by atoms with van der Waals surface area (Å²) in [5, 5.41) is 0. The SMILES string of the molecule is CCCCC(CC)[CH2][Na]. The standard InChI is InChI=1S/C8H17.Na/c1-4-6-7-8(3)5-2;/h8H,3-7H2,1-2H3;. The van der Waals surface area contributed by atoms with E-state index in [4.69, 9.17) is 0 Å². The van der Waals surface area contributed by atoms with E-state index in [-0.39, 0.29) is 0 Å². The van der Waals surface area contributed by atoms with Crippen molar-refractivity contribution in [1.29, 1.82) is 0 Å². The Morgan fingerprint density at radius 3 is 2.33 bits per heavy atom. The maximum atomic E-state index is 2.32. The van der Waals surface area contributed by atoms with Crippen molar-refractivity contribution >= 4 is 27.9 Å². The zero-order valence-corrected chi connectivity index (χ0v) is 9.11. The predicted octanol–water partition coefficient (Wildman–Crippen LogP) is 2.79. The molecule has 0 spiro atoms. The molecule has 0 amide bonds. The summed E-state index contributed by atoms with van der Waals surface area (Å²) in [6.07, 6.45) is 5.71. The molecule has 1 heteroatoms. The molecule has 0 saturated carbocycles. The topological polar surface area (TPSA) is 0 Å². The Hall–Kier alpha value is 1.00. The molecule has 0 aliphatic carbocycles. The monoisotopic (exact) mass is 136 g/mol. The van der Waals surface area contributed by atoms with Crippen LogP contribution in [-0.2, 0) is 0 Å². The Morgan fingerprint density at radius 2 is 2.00 bits per heavy atom. The van der Waals surface area contributed by atoms with Crippen LogP contribution in [0.2, 0.25) is 3.67 Å². The molecule has 0 nitrogen and oxygen atoms in total. The van der Waals surface area contributed by atoms with Crippen molar-refractivity contribution in [3.8, 4) is 0 Å². The van der Waals surface area contributed by atoms with Crippen LogP contribution in [0.25, 0.3) is 0 Å². The molecule has 0 radical (unpaired) electrons. The molecular weight excluding hydrogens is 119 g/mol. The third kappa shape index (κ3) is 5.44. The van der Waals surface area contributed by atoms with E-state index < -0.39 is 0 Å². The van der Waals surface area contributed by atoms with Gasteiger partial charge in [0.15, 0.2) is 0 Å². The van der Waals surface area contributed by atoms with Crippen molar-refractivity contribution in [2.24, 2.45) is 5.92 Å². The van der Waals surface area contributed by atoms with E-state index in [1.807, 2.05) is 0 Å². The van der Waals surface area contributed by atoms with Gasteiger partial charge < -0.3 is 0 Å². The minimum absolute atomic E-state index is 1.07. The molecule has 0 aliphatic rings. The van der Waals surface area contributed by atoms with Gasteiger partial charge in [0.05, 0.1) is 0 Å². The summed E-state index contributed by atoms with van der Waals surface area (Å²) < 4.78 is 1.51. The van der Waals surface area contributed by atoms with Gasteiger partial charge in [0.1, 0.15) is 0 Å². The fourth-order valence-electron chi connectivity index (χ4n) is 1.19. The van der Waals surface area contributed by atoms with Crippen LogP contribution in [0, 0.1) is 5.92 Å². The Labute approximate surface area is 76.8 Å². The molecule has 0 aromatic heterocycles. The van der Waals surface area contributed by atoms with Crippen LogP contribution in [0.1, 0.15) is 39.5 Å². The van der Waals surface area contributed by atoms with Gasteiger partial charge in [0.25, 0.3) is 0 Å². The summed E-state index contributed by atoms with van der Waals surface area (Å²) in [5.74, 6) is 1.07. The van der Waals surface area contributed by atoms with E-state index in [0.717, 1.165) is 5.92 Å². The summed E-state index contributed by atoms with van der Waals surface area (Å²) in [4.78, 5) is 0. The van der Waals surface area contributed by atoms with Gasteiger partial charge in [-0.1, -0.05) is 0 Å². The third-order valence-electron chi connectivity index (χ3n) is 2.12. The fourth-order valence-corrected chi connectivity index (χ4v) is 2.18. The number of hydrogen-bond donors (Lipinski definition) is 0. The van der Waals surface area contributed by atoms with Crippen molar-refractivity contribution in [3.63, 3.8) is 0 Å². The molecule has 9 heavy (non-hydrogen) atoms. The maximum absolute atomic E-state index is 2.32. The molecule has 0 heterocycles. The summed E-state index contributed by atoms with van der Waals surface area (Å²) >= 11 is 1.40. The first-order valence-corrected chi connectivity index (χ1v) is 5.76. The van der Waals surface area contributed by atoms with Crippen molar-refractivity contribution < 1.29 is 0 Å². The van der Waals surface area contributed by atoms with Crippen LogP contribution in [0.15, 0.2) is 0 Å². The van der Waals surface area contributed by atoms with Crippen LogP contribution in [0.3, 0.4) is 0 Å². The molecule has 1 atom stereocenters. The molecule has 0 fully saturated rings. The van der Waals surface area contributed by atoms with Gasteiger partial charge in [-0.25, -0.2) is 0 Å². The fraction of sp³-hybridized carbons (Fsp3) is 1.00. The molecule has 0 aromatic carbocycles. The van der Waals surface area contributed by atoms with Gasteiger partial charge in [-0.2, -0.15) is 0 Å². The molecule has 0 bridgehead atoms. The molecule has 0 aromatic rings. The third-order valence-corrected chi connectivity index (χ3v) is 3.28. The first-order chi connectivity index (χ1) is 4.35.